The molecule has 2 rings (SSSR count). The van der Waals surface area contributed by atoms with Crippen LogP contribution in [0.3, 0.4) is 0 Å². The summed E-state index contributed by atoms with van der Waals surface area (Å²) in [5, 5.41) is 0. The van der Waals surface area contributed by atoms with Gasteiger partial charge in [-0.3, -0.25) is 18.8 Å². The summed E-state index contributed by atoms with van der Waals surface area (Å²) in [6.45, 7) is 0.201. The lowest BCUT2D eigenvalue weighted by Crippen LogP contribution is -2.12. The highest BCUT2D eigenvalue weighted by molar-refractivity contribution is 7.48. The Balaban J connectivity index is 1.46. The van der Waals surface area contributed by atoms with Crippen molar-refractivity contribution >= 4 is 15.6 Å². The predicted molar refractivity (Wildman–Crippen MR) is 107 cm³/mol. The number of phosphoric acid groups is 2. The van der Waals surface area contributed by atoms with E-state index in [9.17, 15) is 18.9 Å². The summed E-state index contributed by atoms with van der Waals surface area (Å²) in [5.74, 6) is 0.447. The second-order valence-corrected chi connectivity index (χ2v) is 8.39. The molecular weight excluding hydrogens is 438 g/mol. The summed E-state index contributed by atoms with van der Waals surface area (Å²) in [7, 11) is -8.43. The molecule has 0 amide bonds. The van der Waals surface area contributed by atoms with Crippen molar-refractivity contribution in [3.8, 4) is 11.5 Å². The second kappa shape index (κ2) is 12.8. The number of hydrogen-bond acceptors (Lipinski definition) is 8. The van der Waals surface area contributed by atoms with Crippen LogP contribution < -0.4 is 9.05 Å². The predicted octanol–water partition coefficient (Wildman–Crippen LogP) is 3.41. The lowest BCUT2D eigenvalue weighted by molar-refractivity contribution is 0.0217. The molecule has 30 heavy (non-hydrogen) atoms. The van der Waals surface area contributed by atoms with Crippen LogP contribution in [-0.2, 0) is 27.7 Å². The Labute approximate surface area is 174 Å². The normalized spacial score (nSPS) is 15.1. The van der Waals surface area contributed by atoms with Gasteiger partial charge in [-0.15, -0.1) is 0 Å². The molecule has 0 spiro atoms. The molecule has 12 heteroatoms. The van der Waals surface area contributed by atoms with Crippen molar-refractivity contribution in [1.29, 1.82) is 0 Å². The molecule has 0 aliphatic heterocycles. The number of rotatable bonds is 15. The van der Waals surface area contributed by atoms with Gasteiger partial charge in [-0.25, -0.2) is 9.13 Å². The van der Waals surface area contributed by atoms with E-state index in [1.807, 2.05) is 0 Å². The van der Waals surface area contributed by atoms with Gasteiger partial charge < -0.3 is 18.5 Å². The number of ether oxygens (including phenoxy) is 2. The molecule has 2 N–H and O–H groups in total. The minimum absolute atomic E-state index is 0.0549. The first-order chi connectivity index (χ1) is 14.4. The van der Waals surface area contributed by atoms with Crippen molar-refractivity contribution in [3.05, 3.63) is 60.7 Å². The summed E-state index contributed by atoms with van der Waals surface area (Å²) in [4.78, 5) is 19.2. The first kappa shape index (κ1) is 24.5. The largest absolute Gasteiger partial charge is 0.527 e. The zero-order valence-corrected chi connectivity index (χ0v) is 17.9. The number of para-hydroxylation sites is 2. The van der Waals surface area contributed by atoms with Crippen molar-refractivity contribution in [3.63, 3.8) is 0 Å². The Hall–Kier alpha value is -1.74. The van der Waals surface area contributed by atoms with E-state index in [4.69, 9.17) is 27.6 Å². The van der Waals surface area contributed by atoms with Crippen LogP contribution in [0.4, 0.5) is 0 Å². The maximum atomic E-state index is 11.8. The first-order valence-electron chi connectivity index (χ1n) is 8.96. The van der Waals surface area contributed by atoms with Crippen LogP contribution in [0.25, 0.3) is 0 Å². The minimum atomic E-state index is -4.22. The number of phosphoric ester groups is 2. The molecule has 0 heterocycles. The summed E-state index contributed by atoms with van der Waals surface area (Å²) in [6, 6.07) is 16.3. The molecule has 0 radical (unpaired) electrons. The van der Waals surface area contributed by atoms with Gasteiger partial charge in [0.05, 0.1) is 39.6 Å². The van der Waals surface area contributed by atoms with E-state index in [-0.39, 0.29) is 51.1 Å². The van der Waals surface area contributed by atoms with Gasteiger partial charge in [0, 0.05) is 0 Å². The second-order valence-electron chi connectivity index (χ2n) is 5.64. The van der Waals surface area contributed by atoms with Gasteiger partial charge in [0.15, 0.2) is 0 Å². The van der Waals surface area contributed by atoms with Crippen LogP contribution in [0.1, 0.15) is 0 Å². The summed E-state index contributed by atoms with van der Waals surface area (Å²) >= 11 is 0. The average Bonchev–Trinajstić information content (AvgIpc) is 2.70. The third-order valence-electron chi connectivity index (χ3n) is 3.26. The third-order valence-corrected chi connectivity index (χ3v) is 5.16. The van der Waals surface area contributed by atoms with Gasteiger partial charge in [0.25, 0.3) is 0 Å². The Morgan fingerprint density at radius 1 is 0.567 bits per heavy atom. The number of hydrogen-bond donors (Lipinski definition) is 2. The molecule has 2 unspecified atom stereocenters. The van der Waals surface area contributed by atoms with Gasteiger partial charge in [-0.2, -0.15) is 0 Å². The SMILES string of the molecule is O=P(O)(OCCOCCOCCOP(=O)(O)Oc1ccccc1)Oc1ccccc1. The molecule has 0 fully saturated rings. The fourth-order valence-electron chi connectivity index (χ4n) is 2.03. The van der Waals surface area contributed by atoms with E-state index in [0.29, 0.717) is 0 Å². The van der Waals surface area contributed by atoms with Crippen LogP contribution in [0, 0.1) is 0 Å². The zero-order chi connectivity index (χ0) is 21.7. The monoisotopic (exact) mass is 462 g/mol. The van der Waals surface area contributed by atoms with Crippen LogP contribution in [0.5, 0.6) is 11.5 Å². The molecule has 0 saturated carbocycles. The van der Waals surface area contributed by atoms with Gasteiger partial charge in [0.2, 0.25) is 0 Å². The molecular formula is C18H24O10P2. The van der Waals surface area contributed by atoms with Crippen molar-refractivity contribution < 1.29 is 46.5 Å². The van der Waals surface area contributed by atoms with E-state index in [0.717, 1.165) is 0 Å². The van der Waals surface area contributed by atoms with Crippen LogP contribution in [0.2, 0.25) is 0 Å². The fourth-order valence-corrected chi connectivity index (χ4v) is 3.52. The van der Waals surface area contributed by atoms with E-state index in [1.54, 1.807) is 36.4 Å². The molecule has 2 aromatic rings. The highest BCUT2D eigenvalue weighted by Gasteiger charge is 2.23. The summed E-state index contributed by atoms with van der Waals surface area (Å²) in [6.07, 6.45) is 0. The molecule has 0 aliphatic carbocycles. The molecule has 2 aromatic carbocycles. The zero-order valence-electron chi connectivity index (χ0n) is 16.1. The smallest absolute Gasteiger partial charge is 0.404 e. The van der Waals surface area contributed by atoms with Crippen LogP contribution in [-0.4, -0.2) is 49.4 Å². The molecule has 166 valence electrons. The molecule has 0 saturated heterocycles. The van der Waals surface area contributed by atoms with E-state index in [1.165, 1.54) is 24.3 Å². The van der Waals surface area contributed by atoms with E-state index < -0.39 is 15.6 Å². The average molecular weight is 462 g/mol. The van der Waals surface area contributed by atoms with Crippen molar-refractivity contribution in [2.24, 2.45) is 0 Å². The van der Waals surface area contributed by atoms with Crippen LogP contribution in [0.15, 0.2) is 60.7 Å². The Morgan fingerprint density at radius 3 is 1.27 bits per heavy atom. The maximum Gasteiger partial charge on any atom is 0.527 e. The molecule has 0 aliphatic rings. The Kier molecular flexibility index (Phi) is 10.5. The number of benzene rings is 2. The minimum Gasteiger partial charge on any atom is -0.404 e. The highest BCUT2D eigenvalue weighted by atomic mass is 31.2. The van der Waals surface area contributed by atoms with Gasteiger partial charge in [0.1, 0.15) is 11.5 Å². The van der Waals surface area contributed by atoms with E-state index in [2.05, 4.69) is 0 Å². The Morgan fingerprint density at radius 2 is 0.900 bits per heavy atom. The lowest BCUT2D eigenvalue weighted by Gasteiger charge is -2.13. The molecule has 0 aromatic heterocycles. The van der Waals surface area contributed by atoms with Gasteiger partial charge in [-0.1, -0.05) is 36.4 Å². The van der Waals surface area contributed by atoms with Crippen molar-refractivity contribution in [1.82, 2.24) is 0 Å². The summed E-state index contributed by atoms with van der Waals surface area (Å²) < 4.78 is 53.2. The van der Waals surface area contributed by atoms with Gasteiger partial charge >= 0.3 is 15.6 Å². The first-order valence-corrected chi connectivity index (χ1v) is 11.9. The highest BCUT2D eigenvalue weighted by Crippen LogP contribution is 2.44. The standard InChI is InChI=1S/C18H24O10P2/c19-29(20,27-17-7-3-1-4-8-17)25-15-13-23-11-12-24-14-16-26-30(21,22)28-18-9-5-2-6-10-18/h1-10H,11-16H2,(H,19,20)(H,21,22). The quantitative estimate of drug-likeness (QED) is 0.300. The van der Waals surface area contributed by atoms with Crippen molar-refractivity contribution in [2.75, 3.05) is 39.6 Å². The van der Waals surface area contributed by atoms with Crippen LogP contribution >= 0.6 is 15.6 Å². The third kappa shape index (κ3) is 10.9. The van der Waals surface area contributed by atoms with Crippen molar-refractivity contribution in [2.45, 2.75) is 0 Å². The summed E-state index contributed by atoms with van der Waals surface area (Å²) in [5.41, 5.74) is 0. The Bertz CT molecular complexity index is 749. The molecule has 2 atom stereocenters. The van der Waals surface area contributed by atoms with E-state index >= 15 is 0 Å². The maximum absolute atomic E-state index is 11.8. The fraction of sp³-hybridized carbons (Fsp3) is 0.333. The molecule has 0 bridgehead atoms. The molecule has 10 nitrogen and oxygen atoms in total. The van der Waals surface area contributed by atoms with Gasteiger partial charge in [-0.05, 0) is 24.3 Å². The topological polar surface area (TPSA) is 130 Å². The lowest BCUT2D eigenvalue weighted by atomic mass is 10.3.